The number of benzene rings is 2. The lowest BCUT2D eigenvalue weighted by Gasteiger charge is -2.10. The molecule has 9 heteroatoms. The summed E-state index contributed by atoms with van der Waals surface area (Å²) in [6, 6.07) is 11.7. The summed E-state index contributed by atoms with van der Waals surface area (Å²) in [4.78, 5) is 17.0. The highest BCUT2D eigenvalue weighted by molar-refractivity contribution is 6.34. The number of imidazole rings is 1. The van der Waals surface area contributed by atoms with Crippen molar-refractivity contribution in [3.63, 3.8) is 0 Å². The van der Waals surface area contributed by atoms with Gasteiger partial charge in [0.2, 0.25) is 0 Å². The molecule has 0 aliphatic carbocycles. The van der Waals surface area contributed by atoms with Crippen LogP contribution >= 0.6 is 11.6 Å². The Morgan fingerprint density at radius 3 is 2.59 bits per heavy atom. The second-order valence-corrected chi connectivity index (χ2v) is 7.46. The SMILES string of the molecule is O=C(Nc1ccc(F)cc1F)c1ccc(-c2cnc3ccc(-c4cn[nH]c4)cn23)cc1Cl. The lowest BCUT2D eigenvalue weighted by molar-refractivity contribution is 0.102. The first-order chi connectivity index (χ1) is 15.5. The van der Waals surface area contributed by atoms with Crippen LogP contribution in [0.5, 0.6) is 0 Å². The highest BCUT2D eigenvalue weighted by atomic mass is 35.5. The predicted molar refractivity (Wildman–Crippen MR) is 118 cm³/mol. The molecule has 0 fully saturated rings. The molecule has 158 valence electrons. The van der Waals surface area contributed by atoms with E-state index in [-0.39, 0.29) is 16.3 Å². The molecule has 3 aromatic heterocycles. The molecule has 0 saturated carbocycles. The van der Waals surface area contributed by atoms with Gasteiger partial charge in [-0.25, -0.2) is 13.8 Å². The molecular weight excluding hydrogens is 436 g/mol. The van der Waals surface area contributed by atoms with E-state index in [4.69, 9.17) is 11.6 Å². The van der Waals surface area contributed by atoms with E-state index in [1.807, 2.05) is 22.7 Å². The second-order valence-electron chi connectivity index (χ2n) is 7.05. The van der Waals surface area contributed by atoms with Crippen LogP contribution in [0.15, 0.2) is 73.3 Å². The van der Waals surface area contributed by atoms with Crippen LogP contribution < -0.4 is 5.32 Å². The average Bonchev–Trinajstić information content (AvgIpc) is 3.45. The van der Waals surface area contributed by atoms with Crippen LogP contribution in [-0.2, 0) is 0 Å². The number of carbonyl (C=O) groups excluding carboxylic acids is 1. The number of hydrogen-bond acceptors (Lipinski definition) is 3. The topological polar surface area (TPSA) is 75.1 Å². The number of nitrogens with zero attached hydrogens (tertiary/aromatic N) is 3. The molecule has 0 saturated heterocycles. The minimum atomic E-state index is -0.870. The fraction of sp³-hybridized carbons (Fsp3) is 0. The number of hydrogen-bond donors (Lipinski definition) is 2. The fourth-order valence-electron chi connectivity index (χ4n) is 3.41. The van der Waals surface area contributed by atoms with Crippen molar-refractivity contribution < 1.29 is 13.6 Å². The number of pyridine rings is 1. The van der Waals surface area contributed by atoms with Gasteiger partial charge in [-0.2, -0.15) is 5.10 Å². The Morgan fingerprint density at radius 2 is 1.84 bits per heavy atom. The summed E-state index contributed by atoms with van der Waals surface area (Å²) in [6.07, 6.45) is 7.18. The van der Waals surface area contributed by atoms with Gasteiger partial charge in [0.15, 0.2) is 0 Å². The Kier molecular flexibility index (Phi) is 4.91. The second kappa shape index (κ2) is 7.90. The molecule has 3 heterocycles. The molecule has 0 bridgehead atoms. The lowest BCUT2D eigenvalue weighted by Crippen LogP contribution is -2.13. The zero-order chi connectivity index (χ0) is 22.2. The molecule has 5 rings (SSSR count). The van der Waals surface area contributed by atoms with Gasteiger partial charge in [0, 0.05) is 35.2 Å². The standard InChI is InChI=1S/C23H14ClF2N5O/c24-18-7-13(1-4-17(18)23(32)30-20-5-3-16(25)8-19(20)26)21-11-27-22-6-2-14(12-31(21)22)15-9-28-29-10-15/h1-12H,(H,28,29)(H,30,32). The molecule has 0 aliphatic rings. The van der Waals surface area contributed by atoms with Gasteiger partial charge in [0.25, 0.3) is 5.91 Å². The third kappa shape index (κ3) is 3.61. The molecule has 0 spiro atoms. The number of aromatic amines is 1. The largest absolute Gasteiger partial charge is 0.319 e. The Morgan fingerprint density at radius 1 is 1.00 bits per heavy atom. The van der Waals surface area contributed by atoms with Crippen molar-refractivity contribution in [1.29, 1.82) is 0 Å². The first-order valence-electron chi connectivity index (χ1n) is 9.52. The van der Waals surface area contributed by atoms with Gasteiger partial charge in [-0.3, -0.25) is 14.3 Å². The minimum Gasteiger partial charge on any atom is -0.319 e. The fourth-order valence-corrected chi connectivity index (χ4v) is 3.68. The van der Waals surface area contributed by atoms with Gasteiger partial charge in [0.1, 0.15) is 17.3 Å². The number of H-pyrrole nitrogens is 1. The number of amides is 1. The van der Waals surface area contributed by atoms with E-state index >= 15 is 0 Å². The van der Waals surface area contributed by atoms with E-state index in [0.717, 1.165) is 40.2 Å². The Balaban J connectivity index is 1.47. The van der Waals surface area contributed by atoms with E-state index in [1.165, 1.54) is 0 Å². The molecule has 2 aromatic carbocycles. The summed E-state index contributed by atoms with van der Waals surface area (Å²) in [6.45, 7) is 0. The number of aromatic nitrogens is 4. The molecule has 0 atom stereocenters. The van der Waals surface area contributed by atoms with Gasteiger partial charge >= 0.3 is 0 Å². The summed E-state index contributed by atoms with van der Waals surface area (Å²) in [5, 5.41) is 9.36. The van der Waals surface area contributed by atoms with Crippen molar-refractivity contribution in [1.82, 2.24) is 19.6 Å². The van der Waals surface area contributed by atoms with Crippen LogP contribution in [0.3, 0.4) is 0 Å². The highest BCUT2D eigenvalue weighted by Crippen LogP contribution is 2.29. The number of halogens is 3. The number of anilines is 1. The maximum absolute atomic E-state index is 13.9. The van der Waals surface area contributed by atoms with Gasteiger partial charge in [-0.05, 0) is 36.4 Å². The zero-order valence-corrected chi connectivity index (χ0v) is 17.1. The smallest absolute Gasteiger partial charge is 0.257 e. The van der Waals surface area contributed by atoms with Gasteiger partial charge < -0.3 is 5.32 Å². The number of fused-ring (bicyclic) bond motifs is 1. The summed E-state index contributed by atoms with van der Waals surface area (Å²) in [5.74, 6) is -2.20. The normalized spacial score (nSPS) is 11.1. The highest BCUT2D eigenvalue weighted by Gasteiger charge is 2.16. The van der Waals surface area contributed by atoms with E-state index in [2.05, 4.69) is 20.5 Å². The van der Waals surface area contributed by atoms with E-state index in [9.17, 15) is 13.6 Å². The van der Waals surface area contributed by atoms with Crippen molar-refractivity contribution in [2.45, 2.75) is 0 Å². The van der Waals surface area contributed by atoms with E-state index in [0.29, 0.717) is 6.07 Å². The monoisotopic (exact) mass is 449 g/mol. The van der Waals surface area contributed by atoms with E-state index in [1.54, 1.807) is 36.8 Å². The summed E-state index contributed by atoms with van der Waals surface area (Å²) >= 11 is 6.38. The van der Waals surface area contributed by atoms with E-state index < -0.39 is 17.5 Å². The summed E-state index contributed by atoms with van der Waals surface area (Å²) < 4.78 is 28.9. The lowest BCUT2D eigenvalue weighted by atomic mass is 10.1. The van der Waals surface area contributed by atoms with Crippen molar-refractivity contribution in [2.75, 3.05) is 5.32 Å². The van der Waals surface area contributed by atoms with Crippen LogP contribution in [0, 0.1) is 11.6 Å². The van der Waals surface area contributed by atoms with Gasteiger partial charge in [-0.15, -0.1) is 0 Å². The third-order valence-corrected chi connectivity index (χ3v) is 5.34. The maximum Gasteiger partial charge on any atom is 0.257 e. The third-order valence-electron chi connectivity index (χ3n) is 5.03. The van der Waals surface area contributed by atoms with Gasteiger partial charge in [0.05, 0.1) is 34.4 Å². The molecule has 32 heavy (non-hydrogen) atoms. The molecule has 1 amide bonds. The predicted octanol–water partition coefficient (Wildman–Crippen LogP) is 5.58. The molecule has 6 nitrogen and oxygen atoms in total. The number of nitrogens with one attached hydrogen (secondary N) is 2. The molecule has 2 N–H and O–H groups in total. The summed E-state index contributed by atoms with van der Waals surface area (Å²) in [7, 11) is 0. The Hall–Kier alpha value is -4.04. The van der Waals surface area contributed by atoms with Crippen molar-refractivity contribution in [3.05, 3.63) is 95.5 Å². The van der Waals surface area contributed by atoms with Gasteiger partial charge in [-0.1, -0.05) is 17.7 Å². The molecular formula is C23H14ClF2N5O. The Labute approximate surface area is 185 Å². The average molecular weight is 450 g/mol. The molecule has 0 unspecified atom stereocenters. The van der Waals surface area contributed by atoms with Crippen LogP contribution in [0.2, 0.25) is 5.02 Å². The Bertz CT molecular complexity index is 1460. The minimum absolute atomic E-state index is 0.134. The zero-order valence-electron chi connectivity index (χ0n) is 16.3. The molecule has 5 aromatic rings. The number of carbonyl (C=O) groups is 1. The molecule has 0 aliphatic heterocycles. The number of rotatable bonds is 4. The summed E-state index contributed by atoms with van der Waals surface area (Å²) in [5.41, 5.74) is 4.19. The van der Waals surface area contributed by atoms with Crippen LogP contribution in [-0.4, -0.2) is 25.5 Å². The quantitative estimate of drug-likeness (QED) is 0.376. The van der Waals surface area contributed by atoms with Crippen LogP contribution in [0.4, 0.5) is 14.5 Å². The van der Waals surface area contributed by atoms with Crippen molar-refractivity contribution in [3.8, 4) is 22.4 Å². The van der Waals surface area contributed by atoms with Crippen LogP contribution in [0.1, 0.15) is 10.4 Å². The van der Waals surface area contributed by atoms with Crippen molar-refractivity contribution >= 4 is 28.8 Å². The van der Waals surface area contributed by atoms with Crippen molar-refractivity contribution in [2.24, 2.45) is 0 Å². The molecule has 0 radical (unpaired) electrons. The first-order valence-corrected chi connectivity index (χ1v) is 9.90. The first kappa shape index (κ1) is 19.9. The maximum atomic E-state index is 13.9. The van der Waals surface area contributed by atoms with Crippen LogP contribution in [0.25, 0.3) is 28.0 Å².